The molecule has 31 heavy (non-hydrogen) atoms. The Morgan fingerprint density at radius 2 is 1.74 bits per heavy atom. The van der Waals surface area contributed by atoms with E-state index in [2.05, 4.69) is 23.8 Å². The Bertz CT molecular complexity index is 963. The standard InChI is InChI=1S/C23H31N3O4S/c1-4-18(5-2)23(27)26-12-10-17(11-13-26)16-30-22-15-24-21(14-25-22)19-6-8-20(9-7-19)31(3,28)29/h6-9,14-15,17-18H,4-5,10-13,16H2,1-3H3. The maximum atomic E-state index is 12.5. The summed E-state index contributed by atoms with van der Waals surface area (Å²) in [6.45, 7) is 6.28. The first-order valence-electron chi connectivity index (χ1n) is 10.9. The van der Waals surface area contributed by atoms with Crippen LogP contribution in [-0.4, -0.2) is 55.1 Å². The van der Waals surface area contributed by atoms with Crippen LogP contribution in [0.3, 0.4) is 0 Å². The van der Waals surface area contributed by atoms with Gasteiger partial charge in [-0.15, -0.1) is 0 Å². The van der Waals surface area contributed by atoms with Gasteiger partial charge in [0.1, 0.15) is 0 Å². The summed E-state index contributed by atoms with van der Waals surface area (Å²) in [5, 5.41) is 0. The lowest BCUT2D eigenvalue weighted by atomic mass is 9.95. The van der Waals surface area contributed by atoms with Crippen LogP contribution in [0.1, 0.15) is 39.5 Å². The fraction of sp³-hybridized carbons (Fsp3) is 0.522. The molecule has 3 rings (SSSR count). The van der Waals surface area contributed by atoms with Gasteiger partial charge in [-0.05, 0) is 43.7 Å². The van der Waals surface area contributed by atoms with Gasteiger partial charge >= 0.3 is 0 Å². The maximum absolute atomic E-state index is 12.5. The third-order valence-electron chi connectivity index (χ3n) is 5.93. The zero-order valence-electron chi connectivity index (χ0n) is 18.5. The maximum Gasteiger partial charge on any atom is 0.232 e. The molecule has 0 spiro atoms. The molecule has 1 saturated heterocycles. The van der Waals surface area contributed by atoms with Crippen LogP contribution in [0.4, 0.5) is 0 Å². The van der Waals surface area contributed by atoms with E-state index >= 15 is 0 Å². The Morgan fingerprint density at radius 1 is 1.10 bits per heavy atom. The van der Waals surface area contributed by atoms with E-state index in [0.29, 0.717) is 24.1 Å². The molecule has 0 radical (unpaired) electrons. The number of carbonyl (C=O) groups is 1. The lowest BCUT2D eigenvalue weighted by molar-refractivity contribution is -0.137. The number of aromatic nitrogens is 2. The molecule has 2 aromatic rings. The number of carbonyl (C=O) groups excluding carboxylic acids is 1. The highest BCUT2D eigenvalue weighted by molar-refractivity contribution is 7.90. The van der Waals surface area contributed by atoms with E-state index in [4.69, 9.17) is 4.74 Å². The Kier molecular flexibility index (Phi) is 7.64. The number of amides is 1. The highest BCUT2D eigenvalue weighted by atomic mass is 32.2. The molecule has 0 N–H and O–H groups in total. The molecule has 8 heteroatoms. The molecule has 0 unspecified atom stereocenters. The van der Waals surface area contributed by atoms with Gasteiger partial charge in [0.25, 0.3) is 0 Å². The number of ether oxygens (including phenoxy) is 1. The molecular weight excluding hydrogens is 414 g/mol. The number of sulfone groups is 1. The van der Waals surface area contributed by atoms with Crippen LogP contribution in [0.5, 0.6) is 5.88 Å². The second kappa shape index (κ2) is 10.2. The van der Waals surface area contributed by atoms with E-state index in [0.717, 1.165) is 44.3 Å². The minimum absolute atomic E-state index is 0.143. The Hall–Kier alpha value is -2.48. The molecule has 2 heterocycles. The zero-order valence-corrected chi connectivity index (χ0v) is 19.3. The van der Waals surface area contributed by atoms with Crippen LogP contribution >= 0.6 is 0 Å². The molecule has 7 nitrogen and oxygen atoms in total. The number of benzene rings is 1. The molecule has 1 aliphatic rings. The second-order valence-electron chi connectivity index (χ2n) is 8.13. The molecule has 0 atom stereocenters. The molecule has 1 aromatic carbocycles. The molecule has 1 amide bonds. The summed E-state index contributed by atoms with van der Waals surface area (Å²) in [7, 11) is -3.22. The van der Waals surface area contributed by atoms with Crippen molar-refractivity contribution in [1.29, 1.82) is 0 Å². The number of hydrogen-bond donors (Lipinski definition) is 0. The first kappa shape index (κ1) is 23.2. The summed E-state index contributed by atoms with van der Waals surface area (Å²) in [4.78, 5) is 23.5. The van der Waals surface area contributed by atoms with E-state index in [9.17, 15) is 13.2 Å². The van der Waals surface area contributed by atoms with Gasteiger partial charge in [0, 0.05) is 30.8 Å². The lowest BCUT2D eigenvalue weighted by Crippen LogP contribution is -2.42. The number of likely N-dealkylation sites (tertiary alicyclic amines) is 1. The van der Waals surface area contributed by atoms with Crippen molar-refractivity contribution in [2.24, 2.45) is 11.8 Å². The van der Waals surface area contributed by atoms with Crippen molar-refractivity contribution in [3.8, 4) is 17.1 Å². The largest absolute Gasteiger partial charge is 0.476 e. The van der Waals surface area contributed by atoms with Crippen molar-refractivity contribution >= 4 is 15.7 Å². The minimum atomic E-state index is -3.22. The highest BCUT2D eigenvalue weighted by Crippen LogP contribution is 2.23. The predicted molar refractivity (Wildman–Crippen MR) is 119 cm³/mol. The topological polar surface area (TPSA) is 89.5 Å². The van der Waals surface area contributed by atoms with Crippen molar-refractivity contribution in [2.75, 3.05) is 26.0 Å². The van der Waals surface area contributed by atoms with Crippen LogP contribution in [0.2, 0.25) is 0 Å². The molecule has 0 saturated carbocycles. The van der Waals surface area contributed by atoms with Crippen LogP contribution in [0, 0.1) is 11.8 Å². The number of piperidine rings is 1. The first-order valence-corrected chi connectivity index (χ1v) is 12.7. The SMILES string of the molecule is CCC(CC)C(=O)N1CCC(COc2cnc(-c3ccc(S(C)(=O)=O)cc3)cn2)CC1. The fourth-order valence-electron chi connectivity index (χ4n) is 3.83. The van der Waals surface area contributed by atoms with Gasteiger partial charge in [-0.25, -0.2) is 18.4 Å². The van der Waals surface area contributed by atoms with Gasteiger partial charge in [0.05, 0.1) is 29.6 Å². The lowest BCUT2D eigenvalue weighted by Gasteiger charge is -2.33. The third kappa shape index (κ3) is 6.03. The van der Waals surface area contributed by atoms with Gasteiger partial charge in [0.2, 0.25) is 11.8 Å². The van der Waals surface area contributed by atoms with E-state index < -0.39 is 9.84 Å². The highest BCUT2D eigenvalue weighted by Gasteiger charge is 2.26. The van der Waals surface area contributed by atoms with Crippen molar-refractivity contribution < 1.29 is 17.9 Å². The third-order valence-corrected chi connectivity index (χ3v) is 7.06. The Labute approximate surface area is 184 Å². The molecule has 0 bridgehead atoms. The van der Waals surface area contributed by atoms with Gasteiger partial charge < -0.3 is 9.64 Å². The smallest absolute Gasteiger partial charge is 0.232 e. The summed E-state index contributed by atoms with van der Waals surface area (Å²) in [6.07, 6.45) is 8.06. The van der Waals surface area contributed by atoms with Crippen LogP contribution in [0.15, 0.2) is 41.6 Å². The Morgan fingerprint density at radius 3 is 2.26 bits per heavy atom. The second-order valence-corrected chi connectivity index (χ2v) is 10.1. The van der Waals surface area contributed by atoms with Gasteiger partial charge in [-0.3, -0.25) is 4.79 Å². The van der Waals surface area contributed by atoms with Gasteiger partial charge in [-0.2, -0.15) is 0 Å². The van der Waals surface area contributed by atoms with Gasteiger partial charge in [-0.1, -0.05) is 26.0 Å². The van der Waals surface area contributed by atoms with Crippen molar-refractivity contribution in [2.45, 2.75) is 44.4 Å². The quantitative estimate of drug-likeness (QED) is 0.617. The first-order chi connectivity index (χ1) is 14.8. The summed E-state index contributed by atoms with van der Waals surface area (Å²) in [6, 6.07) is 6.57. The predicted octanol–water partition coefficient (Wildman–Crippen LogP) is 3.60. The van der Waals surface area contributed by atoms with E-state index in [1.807, 2.05) is 4.90 Å². The summed E-state index contributed by atoms with van der Waals surface area (Å²) in [5.74, 6) is 1.29. The molecular formula is C23H31N3O4S. The van der Waals surface area contributed by atoms with E-state index in [1.54, 1.807) is 36.7 Å². The van der Waals surface area contributed by atoms with E-state index in [1.165, 1.54) is 6.26 Å². The van der Waals surface area contributed by atoms with E-state index in [-0.39, 0.29) is 16.7 Å². The summed E-state index contributed by atoms with van der Waals surface area (Å²) >= 11 is 0. The number of rotatable bonds is 8. The van der Waals surface area contributed by atoms with Crippen LogP contribution < -0.4 is 4.74 Å². The molecule has 0 aliphatic carbocycles. The van der Waals surface area contributed by atoms with Crippen molar-refractivity contribution in [3.63, 3.8) is 0 Å². The van der Waals surface area contributed by atoms with Crippen LogP contribution in [-0.2, 0) is 14.6 Å². The Balaban J connectivity index is 1.50. The van der Waals surface area contributed by atoms with Gasteiger partial charge in [0.15, 0.2) is 9.84 Å². The number of nitrogens with zero attached hydrogens (tertiary/aromatic N) is 3. The molecule has 1 fully saturated rings. The van der Waals surface area contributed by atoms with Crippen LogP contribution in [0.25, 0.3) is 11.3 Å². The molecule has 168 valence electrons. The van der Waals surface area contributed by atoms with Crippen molar-refractivity contribution in [3.05, 3.63) is 36.7 Å². The fourth-order valence-corrected chi connectivity index (χ4v) is 4.46. The average Bonchev–Trinajstić information content (AvgIpc) is 2.78. The summed E-state index contributed by atoms with van der Waals surface area (Å²) < 4.78 is 29.0. The molecule has 1 aliphatic heterocycles. The van der Waals surface area contributed by atoms with Crippen molar-refractivity contribution in [1.82, 2.24) is 14.9 Å². The average molecular weight is 446 g/mol. The zero-order chi connectivity index (χ0) is 22.4. The summed E-state index contributed by atoms with van der Waals surface area (Å²) in [5.41, 5.74) is 1.45. The molecule has 1 aromatic heterocycles. The normalized spacial score (nSPS) is 15.3. The minimum Gasteiger partial charge on any atom is -0.476 e. The number of hydrogen-bond acceptors (Lipinski definition) is 6. The monoisotopic (exact) mass is 445 g/mol.